The fourth-order valence-corrected chi connectivity index (χ4v) is 2.01. The molecular formula is C14H8F3N3O. The molecule has 1 aromatic carbocycles. The van der Waals surface area contributed by atoms with Crippen molar-refractivity contribution in [3.63, 3.8) is 0 Å². The van der Waals surface area contributed by atoms with E-state index in [1.165, 1.54) is 30.7 Å². The van der Waals surface area contributed by atoms with Crippen LogP contribution >= 0.6 is 0 Å². The van der Waals surface area contributed by atoms with E-state index in [0.717, 1.165) is 12.1 Å². The third-order valence-electron chi connectivity index (χ3n) is 3.04. The lowest BCUT2D eigenvalue weighted by atomic mass is 10.1. The minimum absolute atomic E-state index is 0.216. The first-order chi connectivity index (χ1) is 9.99. The van der Waals surface area contributed by atoms with Gasteiger partial charge in [0.2, 0.25) is 0 Å². The van der Waals surface area contributed by atoms with E-state index in [1.54, 1.807) is 4.40 Å². The number of rotatable bonds is 2. The summed E-state index contributed by atoms with van der Waals surface area (Å²) in [5, 5.41) is 0. The van der Waals surface area contributed by atoms with Crippen LogP contribution in [0.15, 0.2) is 42.9 Å². The van der Waals surface area contributed by atoms with Crippen molar-refractivity contribution in [3.05, 3.63) is 54.1 Å². The molecule has 0 radical (unpaired) electrons. The van der Waals surface area contributed by atoms with E-state index >= 15 is 0 Å². The summed E-state index contributed by atoms with van der Waals surface area (Å²) in [5.41, 5.74) is 1.17. The molecule has 2 aromatic heterocycles. The lowest BCUT2D eigenvalue weighted by Gasteiger charge is -2.07. The van der Waals surface area contributed by atoms with Crippen LogP contribution in [-0.4, -0.2) is 20.7 Å². The van der Waals surface area contributed by atoms with Gasteiger partial charge in [-0.25, -0.2) is 9.97 Å². The zero-order valence-electron chi connectivity index (χ0n) is 10.5. The van der Waals surface area contributed by atoms with Gasteiger partial charge in [-0.2, -0.15) is 13.2 Å². The fourth-order valence-electron chi connectivity index (χ4n) is 2.01. The Balaban J connectivity index is 2.10. The van der Waals surface area contributed by atoms with Crippen molar-refractivity contribution in [1.29, 1.82) is 0 Å². The number of halogens is 3. The molecule has 3 aromatic rings. The third-order valence-corrected chi connectivity index (χ3v) is 3.04. The van der Waals surface area contributed by atoms with E-state index in [1.807, 2.05) is 0 Å². The second kappa shape index (κ2) is 4.69. The molecule has 0 bridgehead atoms. The predicted octanol–water partition coefficient (Wildman–Crippen LogP) is 3.23. The molecule has 0 amide bonds. The van der Waals surface area contributed by atoms with Gasteiger partial charge in [0, 0.05) is 11.8 Å². The number of benzene rings is 1. The zero-order chi connectivity index (χ0) is 15.0. The van der Waals surface area contributed by atoms with Gasteiger partial charge in [-0.3, -0.25) is 9.20 Å². The number of alkyl halides is 3. The quantitative estimate of drug-likeness (QED) is 0.681. The number of hydrogen-bond donors (Lipinski definition) is 0. The lowest BCUT2D eigenvalue weighted by Crippen LogP contribution is -2.04. The minimum Gasteiger partial charge on any atom is -0.296 e. The van der Waals surface area contributed by atoms with E-state index in [-0.39, 0.29) is 5.69 Å². The summed E-state index contributed by atoms with van der Waals surface area (Å²) >= 11 is 0. The van der Waals surface area contributed by atoms with Crippen LogP contribution in [0.3, 0.4) is 0 Å². The van der Waals surface area contributed by atoms with Gasteiger partial charge in [-0.05, 0) is 12.1 Å². The Bertz CT molecular complexity index is 806. The Morgan fingerprint density at radius 1 is 1.05 bits per heavy atom. The molecular weight excluding hydrogens is 283 g/mol. The smallest absolute Gasteiger partial charge is 0.296 e. The van der Waals surface area contributed by atoms with E-state index in [9.17, 15) is 18.0 Å². The first-order valence-electron chi connectivity index (χ1n) is 5.95. The largest absolute Gasteiger partial charge is 0.416 e. The molecule has 7 heteroatoms. The van der Waals surface area contributed by atoms with Crippen molar-refractivity contribution in [2.24, 2.45) is 0 Å². The molecule has 0 atom stereocenters. The van der Waals surface area contributed by atoms with Crippen LogP contribution in [0, 0.1) is 0 Å². The first-order valence-corrected chi connectivity index (χ1v) is 5.95. The maximum absolute atomic E-state index is 12.5. The molecule has 0 saturated heterocycles. The molecule has 0 N–H and O–H groups in total. The van der Waals surface area contributed by atoms with E-state index in [2.05, 4.69) is 9.97 Å². The fraction of sp³-hybridized carbons (Fsp3) is 0.0714. The summed E-state index contributed by atoms with van der Waals surface area (Å²) in [6, 6.07) is 4.76. The van der Waals surface area contributed by atoms with E-state index in [0.29, 0.717) is 23.2 Å². The topological polar surface area (TPSA) is 47.3 Å². The van der Waals surface area contributed by atoms with Crippen LogP contribution in [0.25, 0.3) is 16.9 Å². The van der Waals surface area contributed by atoms with Gasteiger partial charge in [-0.1, -0.05) is 12.1 Å². The number of nitrogens with zero attached hydrogens (tertiary/aromatic N) is 3. The van der Waals surface area contributed by atoms with Crippen molar-refractivity contribution in [1.82, 2.24) is 14.4 Å². The molecule has 3 rings (SSSR count). The van der Waals surface area contributed by atoms with Crippen LogP contribution < -0.4 is 0 Å². The average Bonchev–Trinajstić information content (AvgIpc) is 2.89. The van der Waals surface area contributed by atoms with Crippen LogP contribution in [0.4, 0.5) is 13.2 Å². The number of carbonyl (C=O) groups excluding carboxylic acids is 1. The Hall–Kier alpha value is -2.70. The number of fused-ring (bicyclic) bond motifs is 1. The summed E-state index contributed by atoms with van der Waals surface area (Å²) in [7, 11) is 0. The summed E-state index contributed by atoms with van der Waals surface area (Å²) in [5.74, 6) is 0. The zero-order valence-corrected chi connectivity index (χ0v) is 10.5. The second-order valence-electron chi connectivity index (χ2n) is 4.38. The normalized spacial score (nSPS) is 11.8. The van der Waals surface area contributed by atoms with Gasteiger partial charge >= 0.3 is 6.18 Å². The Morgan fingerprint density at radius 3 is 2.38 bits per heavy atom. The summed E-state index contributed by atoms with van der Waals surface area (Å²) in [6.45, 7) is 0. The maximum Gasteiger partial charge on any atom is 0.416 e. The van der Waals surface area contributed by atoms with Gasteiger partial charge in [0.1, 0.15) is 5.69 Å². The van der Waals surface area contributed by atoms with Gasteiger partial charge in [0.15, 0.2) is 11.9 Å². The summed E-state index contributed by atoms with van der Waals surface area (Å²) in [6.07, 6.45) is 0.663. The average molecular weight is 291 g/mol. The highest BCUT2D eigenvalue weighted by atomic mass is 19.4. The summed E-state index contributed by atoms with van der Waals surface area (Å²) < 4.78 is 39.3. The standard InChI is InChI=1S/C14H8F3N3O/c15-14(16,17)10-3-1-9(2-4-10)12-5-19-13-6-18-11(8-21)7-20(12)13/h1-8H. The molecule has 0 spiro atoms. The third kappa shape index (κ3) is 2.37. The Morgan fingerprint density at radius 2 is 1.76 bits per heavy atom. The SMILES string of the molecule is O=Cc1cn2c(-c3ccc(C(F)(F)F)cc3)cnc2cn1. The van der Waals surface area contributed by atoms with Gasteiger partial charge in [0.25, 0.3) is 0 Å². The van der Waals surface area contributed by atoms with E-state index < -0.39 is 11.7 Å². The highest BCUT2D eigenvalue weighted by Crippen LogP contribution is 2.31. The van der Waals surface area contributed by atoms with Crippen LogP contribution in [-0.2, 0) is 6.18 Å². The molecule has 0 aliphatic rings. The lowest BCUT2D eigenvalue weighted by molar-refractivity contribution is -0.137. The molecule has 106 valence electrons. The number of aromatic nitrogens is 3. The van der Waals surface area contributed by atoms with Crippen molar-refractivity contribution in [3.8, 4) is 11.3 Å². The molecule has 0 fully saturated rings. The maximum atomic E-state index is 12.5. The number of imidazole rings is 1. The van der Waals surface area contributed by atoms with Crippen molar-refractivity contribution in [2.45, 2.75) is 6.18 Å². The van der Waals surface area contributed by atoms with Gasteiger partial charge in [0.05, 0.1) is 23.7 Å². The minimum atomic E-state index is -4.37. The number of aldehydes is 1. The van der Waals surface area contributed by atoms with Gasteiger partial charge in [-0.15, -0.1) is 0 Å². The van der Waals surface area contributed by atoms with Crippen LogP contribution in [0.5, 0.6) is 0 Å². The van der Waals surface area contributed by atoms with Crippen LogP contribution in [0.2, 0.25) is 0 Å². The molecule has 0 aliphatic heterocycles. The Kier molecular flexibility index (Phi) is 2.97. The van der Waals surface area contributed by atoms with Crippen molar-refractivity contribution >= 4 is 11.9 Å². The summed E-state index contributed by atoms with van der Waals surface area (Å²) in [4.78, 5) is 18.7. The van der Waals surface area contributed by atoms with Crippen molar-refractivity contribution < 1.29 is 18.0 Å². The molecule has 0 unspecified atom stereocenters. The molecule has 21 heavy (non-hydrogen) atoms. The highest BCUT2D eigenvalue weighted by molar-refractivity contribution is 5.72. The Labute approximate surface area is 116 Å². The first kappa shape index (κ1) is 13.3. The number of carbonyl (C=O) groups is 1. The molecule has 2 heterocycles. The monoisotopic (exact) mass is 291 g/mol. The molecule has 0 aliphatic carbocycles. The van der Waals surface area contributed by atoms with Crippen molar-refractivity contribution in [2.75, 3.05) is 0 Å². The molecule has 4 nitrogen and oxygen atoms in total. The van der Waals surface area contributed by atoms with Gasteiger partial charge < -0.3 is 0 Å². The van der Waals surface area contributed by atoms with E-state index in [4.69, 9.17) is 0 Å². The highest BCUT2D eigenvalue weighted by Gasteiger charge is 2.30. The predicted molar refractivity (Wildman–Crippen MR) is 68.8 cm³/mol. The molecule has 0 saturated carbocycles. The number of hydrogen-bond acceptors (Lipinski definition) is 3. The second-order valence-corrected chi connectivity index (χ2v) is 4.38. The van der Waals surface area contributed by atoms with Crippen LogP contribution in [0.1, 0.15) is 16.1 Å².